The number of hydrogen-bond donors (Lipinski definition) is 2. The Hall–Kier alpha value is -3.83. The number of benzene rings is 1. The highest BCUT2D eigenvalue weighted by Gasteiger charge is 2.36. The fourth-order valence-electron chi connectivity index (χ4n) is 4.87. The molecule has 2 saturated heterocycles. The van der Waals surface area contributed by atoms with E-state index in [0.29, 0.717) is 62.5 Å². The number of fused-ring (bicyclic) bond motifs is 2. The van der Waals surface area contributed by atoms with Crippen molar-refractivity contribution in [3.8, 4) is 17.4 Å². The van der Waals surface area contributed by atoms with Crippen molar-refractivity contribution in [2.45, 2.75) is 18.2 Å². The number of aliphatic hydroxyl groups is 1. The van der Waals surface area contributed by atoms with Gasteiger partial charge in [-0.2, -0.15) is 0 Å². The number of rotatable bonds is 6. The summed E-state index contributed by atoms with van der Waals surface area (Å²) < 4.78 is 22.1. The van der Waals surface area contributed by atoms with Gasteiger partial charge in [0, 0.05) is 38.0 Å². The summed E-state index contributed by atoms with van der Waals surface area (Å²) in [5.41, 5.74) is 3.08. The summed E-state index contributed by atoms with van der Waals surface area (Å²) in [5, 5.41) is 14.1. The number of ether oxygens (including phenoxy) is 4. The van der Waals surface area contributed by atoms with Crippen LogP contribution in [0, 0.1) is 0 Å². The normalized spacial score (nSPS) is 23.3. The molecule has 2 fully saturated rings. The minimum Gasteiger partial charge on any atom is -0.486 e. The van der Waals surface area contributed by atoms with Crippen molar-refractivity contribution in [3.05, 3.63) is 42.6 Å². The predicted molar refractivity (Wildman–Crippen MR) is 131 cm³/mol. The van der Waals surface area contributed by atoms with E-state index in [1.54, 1.807) is 36.4 Å². The zero-order chi connectivity index (χ0) is 24.6. The Balaban J connectivity index is 1.10. The van der Waals surface area contributed by atoms with Crippen LogP contribution in [0.2, 0.25) is 0 Å². The molecule has 11 heteroatoms. The van der Waals surface area contributed by atoms with Crippen molar-refractivity contribution in [1.82, 2.24) is 15.3 Å². The van der Waals surface area contributed by atoms with Gasteiger partial charge >= 0.3 is 6.09 Å². The summed E-state index contributed by atoms with van der Waals surface area (Å²) in [6.07, 6.45) is 0.392. The number of carbonyl (C=O) groups is 1. The van der Waals surface area contributed by atoms with Crippen LogP contribution in [-0.4, -0.2) is 85.9 Å². The summed E-state index contributed by atoms with van der Waals surface area (Å²) in [6.45, 7) is 2.84. The van der Waals surface area contributed by atoms with Gasteiger partial charge in [0.05, 0.1) is 42.7 Å². The first kappa shape index (κ1) is 22.6. The first-order valence-electron chi connectivity index (χ1n) is 11.9. The highest BCUT2D eigenvalue weighted by Crippen LogP contribution is 2.35. The molecule has 1 unspecified atom stereocenters. The van der Waals surface area contributed by atoms with Gasteiger partial charge in [0.1, 0.15) is 24.8 Å². The molecule has 0 bridgehead atoms. The number of aromatic nitrogens is 2. The number of nitrogens with zero attached hydrogens (tertiary/aromatic N) is 4. The second kappa shape index (κ2) is 9.32. The zero-order valence-corrected chi connectivity index (χ0v) is 19.8. The SMILES string of the molecule is COc1ccc2nccc(N3C[C@@H](O)[C@H](NCC4CN(c5ccc6c(c5)OCCO6)C(=O)O4)C3)c2n1. The second-order valence-electron chi connectivity index (χ2n) is 8.98. The fourth-order valence-corrected chi connectivity index (χ4v) is 4.87. The maximum Gasteiger partial charge on any atom is 0.414 e. The summed E-state index contributed by atoms with van der Waals surface area (Å²) in [7, 11) is 1.58. The van der Waals surface area contributed by atoms with Gasteiger partial charge in [-0.15, -0.1) is 0 Å². The largest absolute Gasteiger partial charge is 0.486 e. The number of nitrogens with one attached hydrogen (secondary N) is 1. The third-order valence-corrected chi connectivity index (χ3v) is 6.70. The molecule has 3 aromatic rings. The molecule has 1 aromatic carbocycles. The Morgan fingerprint density at radius 3 is 2.83 bits per heavy atom. The number of β-amino-alcohol motifs (C(OH)–C–C–N with tert-alkyl or cyclic N) is 1. The molecule has 3 aliphatic rings. The van der Waals surface area contributed by atoms with E-state index in [2.05, 4.69) is 20.2 Å². The molecule has 3 atom stereocenters. The molecule has 36 heavy (non-hydrogen) atoms. The van der Waals surface area contributed by atoms with Crippen molar-refractivity contribution in [2.24, 2.45) is 0 Å². The van der Waals surface area contributed by atoms with Crippen LogP contribution in [0.3, 0.4) is 0 Å². The molecule has 0 radical (unpaired) electrons. The standard InChI is InChI=1S/C25H27N5O6/c1-33-23-5-3-17-24(28-23)19(6-7-26-17)29-13-18(20(31)14-29)27-11-16-12-30(25(32)36-16)15-2-4-21-22(10-15)35-9-8-34-21/h2-7,10,16,18,20,27,31H,8-9,11-14H2,1H3/t16?,18-,20-/m1/s1. The summed E-state index contributed by atoms with van der Waals surface area (Å²) in [5.74, 6) is 1.81. The zero-order valence-electron chi connectivity index (χ0n) is 19.8. The van der Waals surface area contributed by atoms with Crippen LogP contribution in [-0.2, 0) is 4.74 Å². The van der Waals surface area contributed by atoms with Gasteiger partial charge < -0.3 is 34.3 Å². The predicted octanol–water partition coefficient (Wildman–Crippen LogP) is 1.57. The van der Waals surface area contributed by atoms with Gasteiger partial charge in [0.25, 0.3) is 0 Å². The summed E-state index contributed by atoms with van der Waals surface area (Å²) in [6, 6.07) is 10.8. The third-order valence-electron chi connectivity index (χ3n) is 6.70. The number of hydrogen-bond acceptors (Lipinski definition) is 10. The number of anilines is 2. The third kappa shape index (κ3) is 4.20. The molecular weight excluding hydrogens is 466 g/mol. The van der Waals surface area contributed by atoms with E-state index in [4.69, 9.17) is 18.9 Å². The van der Waals surface area contributed by atoms with E-state index >= 15 is 0 Å². The monoisotopic (exact) mass is 493 g/mol. The Kier molecular flexibility index (Phi) is 5.86. The van der Waals surface area contributed by atoms with Crippen LogP contribution >= 0.6 is 0 Å². The highest BCUT2D eigenvalue weighted by molar-refractivity contribution is 5.90. The van der Waals surface area contributed by atoms with E-state index in [0.717, 1.165) is 16.7 Å². The van der Waals surface area contributed by atoms with E-state index in [1.807, 2.05) is 18.2 Å². The molecule has 11 nitrogen and oxygen atoms in total. The molecule has 3 aliphatic heterocycles. The quantitative estimate of drug-likeness (QED) is 0.524. The van der Waals surface area contributed by atoms with Gasteiger partial charge in [-0.3, -0.25) is 9.88 Å². The van der Waals surface area contributed by atoms with E-state index in [-0.39, 0.29) is 12.1 Å². The Morgan fingerprint density at radius 2 is 1.97 bits per heavy atom. The minimum atomic E-state index is -0.593. The van der Waals surface area contributed by atoms with E-state index < -0.39 is 12.2 Å². The summed E-state index contributed by atoms with van der Waals surface area (Å²) in [4.78, 5) is 25.2. The van der Waals surface area contributed by atoms with Crippen LogP contribution < -0.4 is 29.3 Å². The second-order valence-corrected chi connectivity index (χ2v) is 8.98. The molecule has 2 aromatic heterocycles. The lowest BCUT2D eigenvalue weighted by molar-refractivity contribution is 0.126. The van der Waals surface area contributed by atoms with Gasteiger partial charge in [0.2, 0.25) is 5.88 Å². The van der Waals surface area contributed by atoms with Crippen LogP contribution in [0.5, 0.6) is 17.4 Å². The lowest BCUT2D eigenvalue weighted by atomic mass is 10.2. The number of aliphatic hydroxyl groups excluding tert-OH is 1. The average Bonchev–Trinajstić information content (AvgIpc) is 3.47. The maximum atomic E-state index is 12.6. The maximum absolute atomic E-state index is 12.6. The highest BCUT2D eigenvalue weighted by atomic mass is 16.6. The van der Waals surface area contributed by atoms with E-state index in [1.165, 1.54) is 0 Å². The van der Waals surface area contributed by atoms with Crippen molar-refractivity contribution in [2.75, 3.05) is 56.3 Å². The molecule has 5 heterocycles. The van der Waals surface area contributed by atoms with Crippen LogP contribution in [0.15, 0.2) is 42.6 Å². The molecule has 188 valence electrons. The molecule has 1 amide bonds. The number of amides is 1. The fraction of sp³-hybridized carbons (Fsp3) is 0.400. The lowest BCUT2D eigenvalue weighted by Gasteiger charge is -2.21. The van der Waals surface area contributed by atoms with Crippen LogP contribution in [0.4, 0.5) is 16.2 Å². The smallest absolute Gasteiger partial charge is 0.414 e. The number of pyridine rings is 2. The Bertz CT molecular complexity index is 1290. The Morgan fingerprint density at radius 1 is 1.11 bits per heavy atom. The molecule has 0 aliphatic carbocycles. The lowest BCUT2D eigenvalue weighted by Crippen LogP contribution is -2.43. The van der Waals surface area contributed by atoms with Gasteiger partial charge in [-0.1, -0.05) is 0 Å². The molecular formula is C25H27N5O6. The Labute approximate surface area is 207 Å². The number of carbonyl (C=O) groups excluding carboxylic acids is 1. The van der Waals surface area contributed by atoms with Gasteiger partial charge in [0.15, 0.2) is 11.5 Å². The van der Waals surface area contributed by atoms with Crippen molar-refractivity contribution >= 4 is 28.5 Å². The summed E-state index contributed by atoms with van der Waals surface area (Å²) >= 11 is 0. The van der Waals surface area contributed by atoms with E-state index in [9.17, 15) is 9.90 Å². The van der Waals surface area contributed by atoms with Crippen molar-refractivity contribution in [1.29, 1.82) is 0 Å². The van der Waals surface area contributed by atoms with Gasteiger partial charge in [-0.05, 0) is 24.3 Å². The molecule has 0 spiro atoms. The van der Waals surface area contributed by atoms with Crippen molar-refractivity contribution < 1.29 is 28.8 Å². The molecule has 0 saturated carbocycles. The van der Waals surface area contributed by atoms with Crippen molar-refractivity contribution in [3.63, 3.8) is 0 Å². The average molecular weight is 494 g/mol. The van der Waals surface area contributed by atoms with Crippen LogP contribution in [0.1, 0.15) is 0 Å². The van der Waals surface area contributed by atoms with Crippen LogP contribution in [0.25, 0.3) is 11.0 Å². The first-order valence-corrected chi connectivity index (χ1v) is 11.9. The number of cyclic esters (lactones) is 1. The topological polar surface area (TPSA) is 119 Å². The number of methoxy groups -OCH3 is 1. The molecule has 2 N–H and O–H groups in total. The first-order chi connectivity index (χ1) is 17.6. The molecule has 6 rings (SSSR count). The minimum absolute atomic E-state index is 0.194. The van der Waals surface area contributed by atoms with Gasteiger partial charge in [-0.25, -0.2) is 9.78 Å².